The molecule has 0 aliphatic rings. The van der Waals surface area contributed by atoms with E-state index in [1.807, 2.05) is 36.4 Å². The SMILES string of the molecule is CCCCCCc1ccc(-n2nc3ccc(OCCCC)cc3n2)c(O)c1. The van der Waals surface area contributed by atoms with Gasteiger partial charge in [-0.25, -0.2) is 0 Å². The second-order valence-electron chi connectivity index (χ2n) is 6.98. The van der Waals surface area contributed by atoms with E-state index in [2.05, 4.69) is 24.0 Å². The number of aromatic hydroxyl groups is 1. The van der Waals surface area contributed by atoms with Crippen molar-refractivity contribution in [3.05, 3.63) is 42.0 Å². The van der Waals surface area contributed by atoms with Crippen molar-refractivity contribution in [2.45, 2.75) is 58.8 Å². The topological polar surface area (TPSA) is 60.2 Å². The third-order valence-corrected chi connectivity index (χ3v) is 4.69. The molecule has 0 saturated carbocycles. The second kappa shape index (κ2) is 9.40. The number of hydrogen-bond acceptors (Lipinski definition) is 4. The first-order valence-electron chi connectivity index (χ1n) is 10.0. The Hall–Kier alpha value is -2.56. The first-order valence-corrected chi connectivity index (χ1v) is 10.0. The highest BCUT2D eigenvalue weighted by molar-refractivity contribution is 5.75. The van der Waals surface area contributed by atoms with Crippen molar-refractivity contribution in [3.8, 4) is 17.2 Å². The van der Waals surface area contributed by atoms with E-state index in [9.17, 15) is 5.11 Å². The molecule has 3 aromatic rings. The van der Waals surface area contributed by atoms with Gasteiger partial charge in [-0.1, -0.05) is 45.6 Å². The minimum Gasteiger partial charge on any atom is -0.506 e. The van der Waals surface area contributed by atoms with Gasteiger partial charge in [0.15, 0.2) is 0 Å². The Morgan fingerprint density at radius 2 is 1.70 bits per heavy atom. The maximum Gasteiger partial charge on any atom is 0.143 e. The first kappa shape index (κ1) is 19.2. The average Bonchev–Trinajstić information content (AvgIpc) is 3.08. The Labute approximate surface area is 161 Å². The van der Waals surface area contributed by atoms with Gasteiger partial charge in [-0.3, -0.25) is 0 Å². The molecule has 1 N–H and O–H groups in total. The van der Waals surface area contributed by atoms with Gasteiger partial charge in [0, 0.05) is 6.07 Å². The highest BCUT2D eigenvalue weighted by Crippen LogP contribution is 2.25. The van der Waals surface area contributed by atoms with Crippen LogP contribution in [0.5, 0.6) is 11.5 Å². The average molecular weight is 367 g/mol. The summed E-state index contributed by atoms with van der Waals surface area (Å²) in [6, 6.07) is 11.5. The lowest BCUT2D eigenvalue weighted by Gasteiger charge is -2.06. The van der Waals surface area contributed by atoms with E-state index >= 15 is 0 Å². The van der Waals surface area contributed by atoms with Crippen LogP contribution in [-0.2, 0) is 6.42 Å². The number of fused-ring (bicyclic) bond motifs is 1. The van der Waals surface area contributed by atoms with Crippen LogP contribution in [0.1, 0.15) is 57.9 Å². The number of rotatable bonds is 10. The van der Waals surface area contributed by atoms with Gasteiger partial charge in [-0.05, 0) is 49.1 Å². The Morgan fingerprint density at radius 3 is 2.48 bits per heavy atom. The third-order valence-electron chi connectivity index (χ3n) is 4.69. The maximum atomic E-state index is 10.4. The molecule has 0 unspecified atom stereocenters. The van der Waals surface area contributed by atoms with E-state index in [0.717, 1.165) is 48.0 Å². The summed E-state index contributed by atoms with van der Waals surface area (Å²) in [5.41, 5.74) is 3.28. The fraction of sp³-hybridized carbons (Fsp3) is 0.455. The summed E-state index contributed by atoms with van der Waals surface area (Å²) < 4.78 is 5.74. The molecule has 2 aromatic carbocycles. The van der Waals surface area contributed by atoms with Gasteiger partial charge >= 0.3 is 0 Å². The molecule has 0 fully saturated rings. The zero-order valence-electron chi connectivity index (χ0n) is 16.3. The van der Waals surface area contributed by atoms with Gasteiger partial charge < -0.3 is 9.84 Å². The van der Waals surface area contributed by atoms with Crippen LogP contribution < -0.4 is 4.74 Å². The zero-order valence-corrected chi connectivity index (χ0v) is 16.3. The largest absolute Gasteiger partial charge is 0.506 e. The fourth-order valence-electron chi connectivity index (χ4n) is 3.08. The standard InChI is InChI=1S/C22H29N3O2/c1-3-5-7-8-9-17-10-13-21(22(26)15-17)25-23-19-12-11-18(16-20(19)24-25)27-14-6-4-2/h10-13,15-16,26H,3-9,14H2,1-2H3. The van der Waals surface area contributed by atoms with E-state index in [1.165, 1.54) is 24.1 Å². The number of ether oxygens (including phenoxy) is 1. The van der Waals surface area contributed by atoms with Crippen molar-refractivity contribution >= 4 is 11.0 Å². The smallest absolute Gasteiger partial charge is 0.143 e. The maximum absolute atomic E-state index is 10.4. The van der Waals surface area contributed by atoms with E-state index in [1.54, 1.807) is 0 Å². The van der Waals surface area contributed by atoms with Gasteiger partial charge in [0.25, 0.3) is 0 Å². The number of nitrogens with zero attached hydrogens (tertiary/aromatic N) is 3. The molecule has 0 radical (unpaired) electrons. The van der Waals surface area contributed by atoms with Crippen LogP contribution >= 0.6 is 0 Å². The lowest BCUT2D eigenvalue weighted by atomic mass is 10.1. The predicted molar refractivity (Wildman–Crippen MR) is 109 cm³/mol. The summed E-state index contributed by atoms with van der Waals surface area (Å²) in [7, 11) is 0. The highest BCUT2D eigenvalue weighted by Gasteiger charge is 2.10. The number of hydrogen-bond donors (Lipinski definition) is 1. The fourth-order valence-corrected chi connectivity index (χ4v) is 3.08. The molecule has 144 valence electrons. The quantitative estimate of drug-likeness (QED) is 0.486. The normalized spacial score (nSPS) is 11.2. The summed E-state index contributed by atoms with van der Waals surface area (Å²) in [6.07, 6.45) is 7.99. The summed E-state index contributed by atoms with van der Waals surface area (Å²) in [4.78, 5) is 1.50. The Kier molecular flexibility index (Phi) is 6.69. The van der Waals surface area contributed by atoms with Crippen LogP contribution in [-0.4, -0.2) is 26.7 Å². The highest BCUT2D eigenvalue weighted by atomic mass is 16.5. The van der Waals surface area contributed by atoms with Crippen LogP contribution in [0.4, 0.5) is 0 Å². The molecule has 0 aliphatic carbocycles. The molecule has 0 spiro atoms. The monoisotopic (exact) mass is 367 g/mol. The molecule has 1 heterocycles. The Morgan fingerprint density at radius 1 is 0.889 bits per heavy atom. The number of unbranched alkanes of at least 4 members (excludes halogenated alkanes) is 4. The molecule has 3 rings (SSSR count). The molecule has 0 amide bonds. The van der Waals surface area contributed by atoms with Gasteiger partial charge in [0.05, 0.1) is 6.61 Å². The summed E-state index contributed by atoms with van der Waals surface area (Å²) in [6.45, 7) is 5.06. The summed E-state index contributed by atoms with van der Waals surface area (Å²) in [5, 5.41) is 19.4. The molecule has 1 aromatic heterocycles. The van der Waals surface area contributed by atoms with E-state index in [-0.39, 0.29) is 5.75 Å². The first-order chi connectivity index (χ1) is 13.2. The van der Waals surface area contributed by atoms with E-state index in [4.69, 9.17) is 4.74 Å². The number of phenols is 1. The van der Waals surface area contributed by atoms with Crippen molar-refractivity contribution in [2.24, 2.45) is 0 Å². The zero-order chi connectivity index (χ0) is 19.1. The Bertz CT molecular complexity index is 873. The van der Waals surface area contributed by atoms with Gasteiger partial charge in [0.2, 0.25) is 0 Å². The summed E-state index contributed by atoms with van der Waals surface area (Å²) in [5.74, 6) is 1.01. The molecular weight excluding hydrogens is 338 g/mol. The van der Waals surface area contributed by atoms with Crippen molar-refractivity contribution < 1.29 is 9.84 Å². The van der Waals surface area contributed by atoms with Crippen LogP contribution in [0.15, 0.2) is 36.4 Å². The van der Waals surface area contributed by atoms with Crippen LogP contribution in [0.2, 0.25) is 0 Å². The molecular formula is C22H29N3O2. The van der Waals surface area contributed by atoms with E-state index in [0.29, 0.717) is 12.3 Å². The molecule has 0 aliphatic heterocycles. The number of phenolic OH excluding ortho intramolecular Hbond substituents is 1. The number of benzene rings is 2. The molecule has 0 bridgehead atoms. The number of aromatic nitrogens is 3. The minimum absolute atomic E-state index is 0.211. The van der Waals surface area contributed by atoms with Crippen molar-refractivity contribution in [3.63, 3.8) is 0 Å². The minimum atomic E-state index is 0.211. The molecule has 0 atom stereocenters. The van der Waals surface area contributed by atoms with Gasteiger partial charge in [-0.15, -0.1) is 15.0 Å². The third kappa shape index (κ3) is 5.00. The summed E-state index contributed by atoms with van der Waals surface area (Å²) >= 11 is 0. The Balaban J connectivity index is 1.74. The van der Waals surface area contributed by atoms with Gasteiger partial charge in [-0.2, -0.15) is 0 Å². The van der Waals surface area contributed by atoms with Crippen LogP contribution in [0.3, 0.4) is 0 Å². The molecule has 27 heavy (non-hydrogen) atoms. The number of aryl methyl sites for hydroxylation is 1. The van der Waals surface area contributed by atoms with Crippen molar-refractivity contribution in [1.82, 2.24) is 15.0 Å². The van der Waals surface area contributed by atoms with Crippen molar-refractivity contribution in [1.29, 1.82) is 0 Å². The van der Waals surface area contributed by atoms with Crippen molar-refractivity contribution in [2.75, 3.05) is 6.61 Å². The van der Waals surface area contributed by atoms with Crippen LogP contribution in [0, 0.1) is 0 Å². The van der Waals surface area contributed by atoms with Gasteiger partial charge in [0.1, 0.15) is 28.2 Å². The molecule has 5 heteroatoms. The van der Waals surface area contributed by atoms with Crippen LogP contribution in [0.25, 0.3) is 16.7 Å². The van der Waals surface area contributed by atoms with E-state index < -0.39 is 0 Å². The second-order valence-corrected chi connectivity index (χ2v) is 6.98. The molecule has 0 saturated heterocycles. The lowest BCUT2D eigenvalue weighted by molar-refractivity contribution is 0.310. The lowest BCUT2D eigenvalue weighted by Crippen LogP contribution is -1.99. The predicted octanol–water partition coefficient (Wildman–Crippen LogP) is 5.43. The molecule has 5 nitrogen and oxygen atoms in total.